The minimum atomic E-state index is -2.11. The number of halogens is 1. The molecule has 0 aliphatic rings. The second kappa shape index (κ2) is 4.32. The van der Waals surface area contributed by atoms with Crippen LogP contribution < -0.4 is 0 Å². The molecule has 0 aromatic rings. The van der Waals surface area contributed by atoms with Crippen LogP contribution in [0.1, 0.15) is 0 Å². The summed E-state index contributed by atoms with van der Waals surface area (Å²) in [6, 6.07) is 0. The Kier molecular flexibility index (Phi) is 4.10. The van der Waals surface area contributed by atoms with E-state index in [9.17, 15) is 9.18 Å². The molecule has 60 valence electrons. The lowest BCUT2D eigenvalue weighted by molar-refractivity contribution is -0.121. The Labute approximate surface area is 56.9 Å². The molecule has 0 aliphatic heterocycles. The average Bonchev–Trinajstić information content (AvgIpc) is 2.00. The molecular formula is C5H9FO4. The predicted molar refractivity (Wildman–Crippen MR) is 30.1 cm³/mol. The van der Waals surface area contributed by atoms with Gasteiger partial charge < -0.3 is 20.1 Å². The summed E-state index contributed by atoms with van der Waals surface area (Å²) in [5.74, 6) is 0. The van der Waals surface area contributed by atoms with Crippen LogP contribution in [0.5, 0.6) is 0 Å². The van der Waals surface area contributed by atoms with Crippen molar-refractivity contribution in [3.63, 3.8) is 0 Å². The van der Waals surface area contributed by atoms with Crippen LogP contribution in [0.2, 0.25) is 0 Å². The summed E-state index contributed by atoms with van der Waals surface area (Å²) >= 11 is 0. The first-order chi connectivity index (χ1) is 4.63. The van der Waals surface area contributed by atoms with Gasteiger partial charge in [-0.15, -0.1) is 0 Å². The van der Waals surface area contributed by atoms with Gasteiger partial charge in [0.1, 0.15) is 12.2 Å². The number of aliphatic hydroxyl groups is 3. The molecule has 3 N–H and O–H groups in total. The van der Waals surface area contributed by atoms with Gasteiger partial charge >= 0.3 is 0 Å². The second-order valence-corrected chi connectivity index (χ2v) is 1.82. The molecule has 0 rings (SSSR count). The fourth-order valence-corrected chi connectivity index (χ4v) is 0.403. The first kappa shape index (κ1) is 9.48. The summed E-state index contributed by atoms with van der Waals surface area (Å²) in [7, 11) is 0. The lowest BCUT2D eigenvalue weighted by Crippen LogP contribution is -2.36. The van der Waals surface area contributed by atoms with Crippen molar-refractivity contribution in [2.24, 2.45) is 0 Å². The largest absolute Gasteiger partial charge is 0.394 e. The molecule has 4 nitrogen and oxygen atoms in total. The topological polar surface area (TPSA) is 77.8 Å². The minimum Gasteiger partial charge on any atom is -0.394 e. The van der Waals surface area contributed by atoms with Crippen LogP contribution in [0.15, 0.2) is 0 Å². The van der Waals surface area contributed by atoms with E-state index in [0.29, 0.717) is 0 Å². The fourth-order valence-electron chi connectivity index (χ4n) is 0.403. The Morgan fingerprint density at radius 1 is 1.50 bits per heavy atom. The normalized spacial score (nSPS) is 19.6. The van der Waals surface area contributed by atoms with Gasteiger partial charge in [-0.3, -0.25) is 0 Å². The highest BCUT2D eigenvalue weighted by Gasteiger charge is 2.25. The van der Waals surface area contributed by atoms with Gasteiger partial charge in [0.2, 0.25) is 0 Å². The Hall–Kier alpha value is -0.520. The molecule has 0 saturated heterocycles. The number of rotatable bonds is 4. The van der Waals surface area contributed by atoms with Crippen LogP contribution in [0, 0.1) is 0 Å². The van der Waals surface area contributed by atoms with Crippen molar-refractivity contribution in [2.45, 2.75) is 18.4 Å². The number of alkyl halides is 1. The van der Waals surface area contributed by atoms with Gasteiger partial charge in [0.05, 0.1) is 6.61 Å². The lowest BCUT2D eigenvalue weighted by atomic mass is 10.1. The van der Waals surface area contributed by atoms with E-state index in [1.165, 1.54) is 0 Å². The van der Waals surface area contributed by atoms with Crippen LogP contribution in [-0.2, 0) is 4.79 Å². The highest BCUT2D eigenvalue weighted by molar-refractivity contribution is 5.56. The maximum absolute atomic E-state index is 12.3. The Balaban J connectivity index is 3.80. The van der Waals surface area contributed by atoms with Gasteiger partial charge in [-0.2, -0.15) is 0 Å². The fraction of sp³-hybridized carbons (Fsp3) is 0.800. The third-order valence-electron chi connectivity index (χ3n) is 1.02. The monoisotopic (exact) mass is 151 g/mol. The Morgan fingerprint density at radius 2 is 2.00 bits per heavy atom. The second-order valence-electron chi connectivity index (χ2n) is 1.82. The van der Waals surface area contributed by atoms with E-state index in [0.717, 1.165) is 0 Å². The molecule has 0 bridgehead atoms. The molecule has 5 heteroatoms. The van der Waals surface area contributed by atoms with Crippen LogP contribution in [0.4, 0.5) is 4.39 Å². The van der Waals surface area contributed by atoms with Crippen molar-refractivity contribution in [1.82, 2.24) is 0 Å². The van der Waals surface area contributed by atoms with Crippen LogP contribution in [0.3, 0.4) is 0 Å². The van der Waals surface area contributed by atoms with Gasteiger partial charge in [0.25, 0.3) is 0 Å². The number of carbonyl (C=O) groups excluding carboxylic acids is 1. The Bertz CT molecular complexity index is 108. The summed E-state index contributed by atoms with van der Waals surface area (Å²) in [6.07, 6.45) is -5.70. The molecule has 0 aromatic heterocycles. The van der Waals surface area contributed by atoms with Gasteiger partial charge in [-0.1, -0.05) is 0 Å². The molecule has 0 aromatic carbocycles. The van der Waals surface area contributed by atoms with E-state index in [1.807, 2.05) is 0 Å². The molecule has 0 amide bonds. The maximum Gasteiger partial charge on any atom is 0.161 e. The number of hydrogen-bond acceptors (Lipinski definition) is 4. The first-order valence-electron chi connectivity index (χ1n) is 2.69. The highest BCUT2D eigenvalue weighted by Crippen LogP contribution is 2.02. The molecular weight excluding hydrogens is 142 g/mol. The molecule has 0 spiro atoms. The zero-order valence-corrected chi connectivity index (χ0v) is 5.14. The molecule has 0 fully saturated rings. The van der Waals surface area contributed by atoms with Crippen molar-refractivity contribution in [2.75, 3.05) is 6.61 Å². The summed E-state index contributed by atoms with van der Waals surface area (Å²) in [5.41, 5.74) is 0. The van der Waals surface area contributed by atoms with E-state index in [1.54, 1.807) is 0 Å². The van der Waals surface area contributed by atoms with E-state index in [2.05, 4.69) is 0 Å². The van der Waals surface area contributed by atoms with Gasteiger partial charge in [0, 0.05) is 0 Å². The van der Waals surface area contributed by atoms with E-state index < -0.39 is 25.0 Å². The molecule has 0 saturated carbocycles. The number of carbonyl (C=O) groups is 1. The molecule has 0 radical (unpaired) electrons. The molecule has 0 aliphatic carbocycles. The zero-order valence-electron chi connectivity index (χ0n) is 5.14. The van der Waals surface area contributed by atoms with Crippen molar-refractivity contribution < 1.29 is 24.5 Å². The summed E-state index contributed by atoms with van der Waals surface area (Å²) in [6.45, 7) is -0.813. The quantitative estimate of drug-likeness (QED) is 0.416. The Morgan fingerprint density at radius 3 is 2.30 bits per heavy atom. The third-order valence-corrected chi connectivity index (χ3v) is 1.02. The van der Waals surface area contributed by atoms with Crippen LogP contribution in [0.25, 0.3) is 0 Å². The van der Waals surface area contributed by atoms with E-state index >= 15 is 0 Å². The van der Waals surface area contributed by atoms with Crippen LogP contribution >= 0.6 is 0 Å². The molecule has 0 heterocycles. The third kappa shape index (κ3) is 2.38. The number of aldehydes is 1. The van der Waals surface area contributed by atoms with Crippen molar-refractivity contribution in [3.8, 4) is 0 Å². The van der Waals surface area contributed by atoms with Gasteiger partial charge in [0.15, 0.2) is 12.5 Å². The first-order valence-corrected chi connectivity index (χ1v) is 2.69. The van der Waals surface area contributed by atoms with Crippen molar-refractivity contribution in [3.05, 3.63) is 0 Å². The number of aliphatic hydroxyl groups excluding tert-OH is 3. The van der Waals surface area contributed by atoms with E-state index in [-0.39, 0.29) is 6.29 Å². The lowest BCUT2D eigenvalue weighted by Gasteiger charge is -2.13. The summed E-state index contributed by atoms with van der Waals surface area (Å²) in [4.78, 5) is 9.68. The zero-order chi connectivity index (χ0) is 8.15. The molecule has 10 heavy (non-hydrogen) atoms. The minimum absolute atomic E-state index is 0.0381. The van der Waals surface area contributed by atoms with Crippen molar-refractivity contribution >= 4 is 6.29 Å². The SMILES string of the molecule is O=C[C@@H](O)[C@H]([18F])[C@H](O)CO. The highest BCUT2D eigenvalue weighted by atomic mass is 18.2. The average molecular weight is 151 g/mol. The van der Waals surface area contributed by atoms with Gasteiger partial charge in [-0.25, -0.2) is 4.39 Å². The smallest absolute Gasteiger partial charge is 0.161 e. The summed E-state index contributed by atoms with van der Waals surface area (Å²) < 4.78 is 12.3. The van der Waals surface area contributed by atoms with Crippen LogP contribution in [-0.4, -0.2) is 46.6 Å². The predicted octanol–water partition coefficient (Wildman–Crippen LogP) is -1.76. The molecule has 3 atom stereocenters. The maximum atomic E-state index is 12.3. The molecule has 0 unspecified atom stereocenters. The number of hydrogen-bond donors (Lipinski definition) is 3. The van der Waals surface area contributed by atoms with E-state index in [4.69, 9.17) is 15.3 Å². The van der Waals surface area contributed by atoms with Gasteiger partial charge in [-0.05, 0) is 0 Å². The summed E-state index contributed by atoms with van der Waals surface area (Å²) in [5, 5.41) is 25.0. The standard InChI is InChI=1S/C5H9FO4/c6-5(3(9)1-7)4(10)2-8/h1,3-5,8-10H,2H2/t3-,4-,5+/m1/s1/i6-1. The van der Waals surface area contributed by atoms with Crippen molar-refractivity contribution in [1.29, 1.82) is 0 Å².